The van der Waals surface area contributed by atoms with E-state index in [9.17, 15) is 0 Å². The van der Waals surface area contributed by atoms with Crippen molar-refractivity contribution in [3.63, 3.8) is 0 Å². The van der Waals surface area contributed by atoms with Crippen LogP contribution in [0.1, 0.15) is 63.5 Å². The quantitative estimate of drug-likeness (QED) is 0.184. The van der Waals surface area contributed by atoms with Crippen molar-refractivity contribution < 1.29 is 4.74 Å². The van der Waals surface area contributed by atoms with Crippen LogP contribution < -0.4 is 21.1 Å². The predicted molar refractivity (Wildman–Crippen MR) is 163 cm³/mol. The van der Waals surface area contributed by atoms with Crippen LogP contribution in [0, 0.1) is 16.6 Å². The number of methoxy groups -OCH3 is 1. The van der Waals surface area contributed by atoms with E-state index < -0.39 is 0 Å². The summed E-state index contributed by atoms with van der Waals surface area (Å²) in [5.74, 6) is 4.53. The molecule has 0 atom stereocenters. The van der Waals surface area contributed by atoms with Crippen molar-refractivity contribution in [1.29, 1.82) is 0 Å². The van der Waals surface area contributed by atoms with Gasteiger partial charge in [0.05, 0.1) is 18.5 Å². The van der Waals surface area contributed by atoms with Gasteiger partial charge in [-0.1, -0.05) is 39.0 Å². The van der Waals surface area contributed by atoms with Gasteiger partial charge in [0, 0.05) is 65.4 Å². The Bertz CT molecular complexity index is 1000. The lowest BCUT2D eigenvalue weighted by atomic mass is 9.70. The lowest BCUT2D eigenvalue weighted by Gasteiger charge is -2.37. The Balaban J connectivity index is 0.000000527. The zero-order valence-corrected chi connectivity index (χ0v) is 24.8. The molecule has 192 valence electrons. The smallest absolute Gasteiger partial charge is 0.142 e. The molecule has 0 heterocycles. The van der Waals surface area contributed by atoms with Crippen molar-refractivity contribution >= 4 is 54.1 Å². The van der Waals surface area contributed by atoms with Crippen molar-refractivity contribution in [2.45, 2.75) is 64.8 Å². The fraction of sp³-hybridized carbons (Fsp3) is 0.556. The fourth-order valence-electron chi connectivity index (χ4n) is 4.88. The van der Waals surface area contributed by atoms with E-state index in [1.54, 1.807) is 14.2 Å². The van der Waals surface area contributed by atoms with Gasteiger partial charge < -0.3 is 21.1 Å². The minimum Gasteiger partial charge on any atom is -0.495 e. The number of nitrogens with two attached hydrogens (primary N) is 2. The molecule has 0 aliphatic heterocycles. The second-order valence-corrected chi connectivity index (χ2v) is 11.3. The van der Waals surface area contributed by atoms with Crippen LogP contribution in [0.4, 0.5) is 5.69 Å². The molecule has 0 radical (unpaired) electrons. The summed E-state index contributed by atoms with van der Waals surface area (Å²) in [6.45, 7) is 8.96. The van der Waals surface area contributed by atoms with E-state index >= 15 is 0 Å². The van der Waals surface area contributed by atoms with Crippen LogP contribution in [-0.2, 0) is 6.42 Å². The van der Waals surface area contributed by atoms with Crippen molar-refractivity contribution in [2.75, 3.05) is 32.6 Å². The maximum absolute atomic E-state index is 6.25. The number of halogens is 1. The molecule has 1 aromatic rings. The van der Waals surface area contributed by atoms with Crippen LogP contribution in [0.3, 0.4) is 0 Å². The van der Waals surface area contributed by atoms with Gasteiger partial charge in [0.15, 0.2) is 0 Å². The van der Waals surface area contributed by atoms with Crippen LogP contribution in [-0.4, -0.2) is 46.3 Å². The second-order valence-electron chi connectivity index (χ2n) is 9.62. The highest BCUT2D eigenvalue weighted by Crippen LogP contribution is 2.48. The largest absolute Gasteiger partial charge is 0.495 e. The van der Waals surface area contributed by atoms with E-state index in [1.807, 2.05) is 12.1 Å². The van der Waals surface area contributed by atoms with Crippen LogP contribution in [0.5, 0.6) is 5.75 Å². The highest BCUT2D eigenvalue weighted by molar-refractivity contribution is 14.2. The van der Waals surface area contributed by atoms with Crippen LogP contribution in [0.2, 0.25) is 0 Å². The van der Waals surface area contributed by atoms with Gasteiger partial charge in [-0.25, -0.2) is 0 Å². The van der Waals surface area contributed by atoms with Gasteiger partial charge in [-0.3, -0.25) is 9.98 Å². The van der Waals surface area contributed by atoms with Gasteiger partial charge in [-0.2, -0.15) is 0 Å². The average molecular weight is 610 g/mol. The minimum absolute atomic E-state index is 0.229. The summed E-state index contributed by atoms with van der Waals surface area (Å²) >= 11 is 2.18. The van der Waals surface area contributed by atoms with Gasteiger partial charge in [-0.15, -0.1) is 0 Å². The summed E-state index contributed by atoms with van der Waals surface area (Å²) in [5, 5.41) is 3.04. The van der Waals surface area contributed by atoms with E-state index in [2.05, 4.69) is 74.9 Å². The van der Waals surface area contributed by atoms with Crippen LogP contribution in [0.15, 0.2) is 27.7 Å². The molecule has 0 saturated heterocycles. The monoisotopic (exact) mass is 609 g/mol. The van der Waals surface area contributed by atoms with E-state index in [1.165, 1.54) is 46.6 Å². The molecule has 1 aromatic carbocycles. The topological polar surface area (TPSA) is 89.2 Å². The van der Waals surface area contributed by atoms with Gasteiger partial charge in [0.2, 0.25) is 0 Å². The maximum Gasteiger partial charge on any atom is 0.142 e. The SMILES string of the molecule is C=NC1=C(C(N)=NC)C(C)(C)Cc2c1ccc(OC)c2N(C)CCC#CSI.NC1CCCCC1. The first-order valence-corrected chi connectivity index (χ1v) is 15.4. The summed E-state index contributed by atoms with van der Waals surface area (Å²) in [6, 6.07) is 4.56. The number of hydrogen-bond acceptors (Lipinski definition) is 6. The van der Waals surface area contributed by atoms with Gasteiger partial charge in [0.1, 0.15) is 11.6 Å². The Kier molecular flexibility index (Phi) is 11.9. The normalized spacial score (nSPS) is 17.4. The number of hydrogen-bond donors (Lipinski definition) is 2. The standard InChI is InChI=1S/C21H27IN4OS.C6H13N/c1-21(2)13-15-14(18(24-3)17(21)20(23)25-4)9-10-16(27-6)19(15)26(5)11-7-8-12-28-22;7-6-4-2-1-3-5-6/h9-10H,3,7,11,13H2,1-2,4-6H3,(H2,23,25);6H,1-5,7H2. The lowest BCUT2D eigenvalue weighted by molar-refractivity contribution is 0.411. The third-order valence-electron chi connectivity index (χ3n) is 6.62. The summed E-state index contributed by atoms with van der Waals surface area (Å²) < 4.78 is 5.70. The molecule has 0 spiro atoms. The molecule has 0 amide bonds. The Morgan fingerprint density at radius 1 is 1.31 bits per heavy atom. The predicted octanol–water partition coefficient (Wildman–Crippen LogP) is 5.82. The summed E-state index contributed by atoms with van der Waals surface area (Å²) in [5.41, 5.74) is 16.7. The first-order valence-electron chi connectivity index (χ1n) is 12.1. The molecular formula is C27H40IN5OS. The second kappa shape index (κ2) is 14.1. The highest BCUT2D eigenvalue weighted by Gasteiger charge is 2.37. The number of nitrogens with zero attached hydrogens (tertiary/aromatic N) is 3. The van der Waals surface area contributed by atoms with E-state index in [0.717, 1.165) is 47.7 Å². The molecule has 2 aliphatic carbocycles. The number of ether oxygens (including phenoxy) is 1. The molecule has 4 N–H and O–H groups in total. The fourth-order valence-corrected chi connectivity index (χ4v) is 5.50. The summed E-state index contributed by atoms with van der Waals surface area (Å²) in [6.07, 6.45) is 8.25. The molecular weight excluding hydrogens is 569 g/mol. The number of benzene rings is 1. The number of fused-ring (bicyclic) bond motifs is 1. The number of aliphatic imine (C=N–C) groups is 2. The summed E-state index contributed by atoms with van der Waals surface area (Å²) in [4.78, 5) is 10.8. The molecule has 0 unspecified atom stereocenters. The molecule has 0 aromatic heterocycles. The minimum atomic E-state index is -0.229. The molecule has 1 saturated carbocycles. The Morgan fingerprint density at radius 2 is 2.00 bits per heavy atom. The average Bonchev–Trinajstić information content (AvgIpc) is 2.84. The Morgan fingerprint density at radius 3 is 2.51 bits per heavy atom. The van der Waals surface area contributed by atoms with Crippen molar-refractivity contribution in [3.05, 3.63) is 28.8 Å². The first kappa shape index (κ1) is 29.5. The maximum atomic E-state index is 6.25. The molecule has 35 heavy (non-hydrogen) atoms. The third-order valence-corrected chi connectivity index (χ3v) is 7.50. The van der Waals surface area contributed by atoms with Crippen molar-refractivity contribution in [3.8, 4) is 16.9 Å². The molecule has 6 nitrogen and oxygen atoms in total. The number of amidine groups is 1. The van der Waals surface area contributed by atoms with Crippen LogP contribution in [0.25, 0.3) is 5.70 Å². The highest BCUT2D eigenvalue weighted by atomic mass is 127. The number of rotatable bonds is 6. The van der Waals surface area contributed by atoms with Crippen LogP contribution >= 0.6 is 30.1 Å². The zero-order valence-electron chi connectivity index (χ0n) is 21.8. The molecule has 8 heteroatoms. The van der Waals surface area contributed by atoms with E-state index in [0.29, 0.717) is 11.9 Å². The lowest BCUT2D eigenvalue weighted by Crippen LogP contribution is -2.34. The Labute approximate surface area is 228 Å². The zero-order chi connectivity index (χ0) is 26.0. The first-order chi connectivity index (χ1) is 16.7. The van der Waals surface area contributed by atoms with Crippen molar-refractivity contribution in [2.24, 2.45) is 26.9 Å². The molecule has 3 rings (SSSR count). The Hall–Kier alpha value is -1.70. The van der Waals surface area contributed by atoms with Crippen molar-refractivity contribution in [1.82, 2.24) is 0 Å². The van der Waals surface area contributed by atoms with E-state index in [4.69, 9.17) is 16.2 Å². The molecule has 2 aliphatic rings. The van der Waals surface area contributed by atoms with Gasteiger partial charge in [-0.05, 0) is 63.3 Å². The van der Waals surface area contributed by atoms with Gasteiger partial charge >= 0.3 is 0 Å². The molecule has 0 bridgehead atoms. The molecule has 1 fully saturated rings. The third kappa shape index (κ3) is 7.64. The number of anilines is 1. The van der Waals surface area contributed by atoms with E-state index in [-0.39, 0.29) is 5.41 Å². The summed E-state index contributed by atoms with van der Waals surface area (Å²) in [7, 11) is 6.99. The van der Waals surface area contributed by atoms with Gasteiger partial charge in [0.25, 0.3) is 0 Å².